The summed E-state index contributed by atoms with van der Waals surface area (Å²) >= 11 is 5.85. The van der Waals surface area contributed by atoms with Crippen molar-refractivity contribution >= 4 is 29.3 Å². The summed E-state index contributed by atoms with van der Waals surface area (Å²) in [6.07, 6.45) is 1.68. The van der Waals surface area contributed by atoms with Crippen molar-refractivity contribution in [2.24, 2.45) is 0 Å². The highest BCUT2D eigenvalue weighted by Crippen LogP contribution is 2.21. The lowest BCUT2D eigenvalue weighted by Crippen LogP contribution is -2.36. The van der Waals surface area contributed by atoms with Crippen molar-refractivity contribution in [3.63, 3.8) is 0 Å². The number of carboxylic acid groups (broad SMARTS) is 1. The molecular formula is C14H19ClN2O3. The van der Waals surface area contributed by atoms with Gasteiger partial charge >= 0.3 is 12.0 Å². The second-order valence-corrected chi connectivity index (χ2v) is 4.85. The quantitative estimate of drug-likeness (QED) is 0.841. The van der Waals surface area contributed by atoms with Gasteiger partial charge in [-0.3, -0.25) is 0 Å². The Labute approximate surface area is 123 Å². The number of rotatable bonds is 6. The van der Waals surface area contributed by atoms with Crippen molar-refractivity contribution < 1.29 is 14.7 Å². The molecule has 20 heavy (non-hydrogen) atoms. The Morgan fingerprint density at radius 1 is 1.25 bits per heavy atom. The molecule has 110 valence electrons. The van der Waals surface area contributed by atoms with Crippen LogP contribution in [-0.4, -0.2) is 35.1 Å². The van der Waals surface area contributed by atoms with Gasteiger partial charge in [0.05, 0.1) is 11.3 Å². The third kappa shape index (κ3) is 4.42. The van der Waals surface area contributed by atoms with E-state index in [1.807, 2.05) is 13.8 Å². The zero-order chi connectivity index (χ0) is 15.1. The lowest BCUT2D eigenvalue weighted by atomic mass is 10.2. The minimum Gasteiger partial charge on any atom is -0.478 e. The number of carbonyl (C=O) groups is 2. The zero-order valence-corrected chi connectivity index (χ0v) is 12.4. The van der Waals surface area contributed by atoms with Crippen LogP contribution in [0.4, 0.5) is 10.5 Å². The minimum absolute atomic E-state index is 0.0238. The van der Waals surface area contributed by atoms with E-state index in [1.54, 1.807) is 4.90 Å². The van der Waals surface area contributed by atoms with Crippen molar-refractivity contribution in [3.05, 3.63) is 28.8 Å². The Bertz CT molecular complexity index is 485. The molecule has 1 rings (SSSR count). The van der Waals surface area contributed by atoms with Gasteiger partial charge in [-0.25, -0.2) is 9.59 Å². The minimum atomic E-state index is -1.10. The number of carbonyl (C=O) groups excluding carboxylic acids is 1. The fraction of sp³-hybridized carbons (Fsp3) is 0.429. The number of anilines is 1. The largest absolute Gasteiger partial charge is 0.478 e. The molecule has 2 N–H and O–H groups in total. The van der Waals surface area contributed by atoms with Gasteiger partial charge in [-0.1, -0.05) is 25.4 Å². The number of urea groups is 1. The summed E-state index contributed by atoms with van der Waals surface area (Å²) in [5, 5.41) is 12.1. The van der Waals surface area contributed by atoms with Crippen LogP contribution < -0.4 is 5.32 Å². The van der Waals surface area contributed by atoms with Gasteiger partial charge in [-0.05, 0) is 31.0 Å². The second-order valence-electron chi connectivity index (χ2n) is 4.41. The highest BCUT2D eigenvalue weighted by molar-refractivity contribution is 6.31. The topological polar surface area (TPSA) is 69.6 Å². The number of nitrogens with zero attached hydrogens (tertiary/aromatic N) is 1. The normalized spacial score (nSPS) is 10.2. The summed E-state index contributed by atoms with van der Waals surface area (Å²) < 4.78 is 0. The molecule has 0 unspecified atom stereocenters. The van der Waals surface area contributed by atoms with E-state index in [9.17, 15) is 9.59 Å². The molecule has 0 aliphatic heterocycles. The highest BCUT2D eigenvalue weighted by atomic mass is 35.5. The van der Waals surface area contributed by atoms with Crippen molar-refractivity contribution in [2.75, 3.05) is 18.4 Å². The third-order valence-electron chi connectivity index (χ3n) is 2.73. The number of hydrogen-bond donors (Lipinski definition) is 2. The summed E-state index contributed by atoms with van der Waals surface area (Å²) in [4.78, 5) is 24.9. The second kappa shape index (κ2) is 7.75. The maximum Gasteiger partial charge on any atom is 0.337 e. The Morgan fingerprint density at radius 2 is 1.85 bits per heavy atom. The summed E-state index contributed by atoms with van der Waals surface area (Å²) in [7, 11) is 0. The average Bonchev–Trinajstić information content (AvgIpc) is 2.38. The summed E-state index contributed by atoms with van der Waals surface area (Å²) in [5.74, 6) is -1.10. The van der Waals surface area contributed by atoms with Crippen molar-refractivity contribution in [1.82, 2.24) is 4.90 Å². The fourth-order valence-corrected chi connectivity index (χ4v) is 2.03. The molecule has 0 radical (unpaired) electrons. The van der Waals surface area contributed by atoms with E-state index in [4.69, 9.17) is 16.7 Å². The van der Waals surface area contributed by atoms with Gasteiger partial charge < -0.3 is 15.3 Å². The molecule has 1 aromatic rings. The van der Waals surface area contributed by atoms with E-state index in [-0.39, 0.29) is 17.3 Å². The Hall–Kier alpha value is -1.75. The molecular weight excluding hydrogens is 280 g/mol. The van der Waals surface area contributed by atoms with Crippen molar-refractivity contribution in [2.45, 2.75) is 26.7 Å². The first-order chi connectivity index (χ1) is 9.49. The molecule has 0 aliphatic carbocycles. The van der Waals surface area contributed by atoms with Crippen LogP contribution in [0.25, 0.3) is 0 Å². The van der Waals surface area contributed by atoms with E-state index in [0.717, 1.165) is 12.8 Å². The number of aromatic carboxylic acids is 1. The molecule has 0 aliphatic rings. The maximum absolute atomic E-state index is 12.2. The van der Waals surface area contributed by atoms with Gasteiger partial charge in [0.25, 0.3) is 0 Å². The first-order valence-electron chi connectivity index (χ1n) is 6.58. The molecule has 1 aromatic carbocycles. The number of halogens is 1. The van der Waals surface area contributed by atoms with E-state index in [0.29, 0.717) is 18.1 Å². The van der Waals surface area contributed by atoms with Gasteiger partial charge in [0, 0.05) is 18.1 Å². The third-order valence-corrected chi connectivity index (χ3v) is 2.96. The van der Waals surface area contributed by atoms with Gasteiger partial charge in [-0.2, -0.15) is 0 Å². The lowest BCUT2D eigenvalue weighted by Gasteiger charge is -2.22. The molecule has 0 saturated carbocycles. The van der Waals surface area contributed by atoms with E-state index < -0.39 is 5.97 Å². The van der Waals surface area contributed by atoms with E-state index in [1.165, 1.54) is 18.2 Å². The summed E-state index contributed by atoms with van der Waals surface area (Å²) in [6.45, 7) is 5.22. The van der Waals surface area contributed by atoms with Crippen LogP contribution in [0.3, 0.4) is 0 Å². The Balaban J connectivity index is 2.93. The molecule has 0 saturated heterocycles. The highest BCUT2D eigenvalue weighted by Gasteiger charge is 2.16. The van der Waals surface area contributed by atoms with Crippen LogP contribution in [0, 0.1) is 0 Å². The van der Waals surface area contributed by atoms with E-state index in [2.05, 4.69) is 5.32 Å². The zero-order valence-electron chi connectivity index (χ0n) is 11.6. The maximum atomic E-state index is 12.2. The fourth-order valence-electron chi connectivity index (χ4n) is 1.86. The molecule has 5 nitrogen and oxygen atoms in total. The van der Waals surface area contributed by atoms with Gasteiger partial charge in [0.2, 0.25) is 0 Å². The summed E-state index contributed by atoms with van der Waals surface area (Å²) in [6, 6.07) is 4.00. The predicted molar refractivity (Wildman–Crippen MR) is 79.6 cm³/mol. The van der Waals surface area contributed by atoms with Crippen molar-refractivity contribution in [3.8, 4) is 0 Å². The molecule has 2 amide bonds. The van der Waals surface area contributed by atoms with Crippen LogP contribution in [0.1, 0.15) is 37.0 Å². The lowest BCUT2D eigenvalue weighted by molar-refractivity contribution is 0.0698. The number of carboxylic acids is 1. The van der Waals surface area contributed by atoms with Gasteiger partial charge in [0.15, 0.2) is 0 Å². The molecule has 0 atom stereocenters. The Morgan fingerprint density at radius 3 is 2.35 bits per heavy atom. The standard InChI is InChI=1S/C14H19ClN2O3/c1-3-7-17(8-4-2)14(20)16-12-9-10(15)5-6-11(12)13(18)19/h5-6,9H,3-4,7-8H2,1-2H3,(H,16,20)(H,18,19). The van der Waals surface area contributed by atoms with E-state index >= 15 is 0 Å². The first kappa shape index (κ1) is 16.3. The van der Waals surface area contributed by atoms with Crippen LogP contribution in [0.5, 0.6) is 0 Å². The average molecular weight is 299 g/mol. The summed E-state index contributed by atoms with van der Waals surface area (Å²) in [5.41, 5.74) is 0.239. The number of benzene rings is 1. The Kier molecular flexibility index (Phi) is 6.31. The number of nitrogens with one attached hydrogen (secondary N) is 1. The van der Waals surface area contributed by atoms with Crippen LogP contribution in [0.15, 0.2) is 18.2 Å². The molecule has 0 fully saturated rings. The smallest absolute Gasteiger partial charge is 0.337 e. The number of amides is 2. The number of hydrogen-bond acceptors (Lipinski definition) is 2. The first-order valence-corrected chi connectivity index (χ1v) is 6.96. The van der Waals surface area contributed by atoms with Crippen LogP contribution in [-0.2, 0) is 0 Å². The van der Waals surface area contributed by atoms with Crippen LogP contribution >= 0.6 is 11.6 Å². The molecule has 0 bridgehead atoms. The molecule has 0 aromatic heterocycles. The molecule has 0 heterocycles. The predicted octanol–water partition coefficient (Wildman–Crippen LogP) is 3.69. The molecule has 6 heteroatoms. The van der Waals surface area contributed by atoms with Crippen molar-refractivity contribution in [1.29, 1.82) is 0 Å². The van der Waals surface area contributed by atoms with Gasteiger partial charge in [-0.15, -0.1) is 0 Å². The van der Waals surface area contributed by atoms with Crippen LogP contribution in [0.2, 0.25) is 5.02 Å². The monoisotopic (exact) mass is 298 g/mol. The SMILES string of the molecule is CCCN(CCC)C(=O)Nc1cc(Cl)ccc1C(=O)O. The molecule has 0 spiro atoms. The van der Waals surface area contributed by atoms with Gasteiger partial charge in [0.1, 0.15) is 0 Å².